The summed E-state index contributed by atoms with van der Waals surface area (Å²) in [6.45, 7) is 0. The highest BCUT2D eigenvalue weighted by Crippen LogP contribution is 2.37. The largest absolute Gasteiger partial charge is 0.481 e. The molecule has 0 aromatic heterocycles. The summed E-state index contributed by atoms with van der Waals surface area (Å²) in [6.07, 6.45) is -0.326. The van der Waals surface area contributed by atoms with Crippen LogP contribution in [0.4, 0.5) is 8.78 Å². The van der Waals surface area contributed by atoms with Crippen LogP contribution in [0.1, 0.15) is 31.2 Å². The number of carboxylic acids is 1. The lowest BCUT2D eigenvalue weighted by Gasteiger charge is -2.35. The maximum absolute atomic E-state index is 13.4. The van der Waals surface area contributed by atoms with Crippen LogP contribution < -0.4 is 5.32 Å². The predicted molar refractivity (Wildman–Crippen MR) is 67.3 cm³/mol. The van der Waals surface area contributed by atoms with E-state index in [-0.39, 0.29) is 31.2 Å². The van der Waals surface area contributed by atoms with E-state index in [2.05, 4.69) is 5.32 Å². The second kappa shape index (κ2) is 5.59. The number of carbonyl (C=O) groups is 3. The molecule has 21 heavy (non-hydrogen) atoms. The summed E-state index contributed by atoms with van der Waals surface area (Å²) in [4.78, 5) is 34.2. The molecule has 2 rings (SSSR count). The Bertz CT molecular complexity index is 617. The number of hydrogen-bond donors (Lipinski definition) is 2. The van der Waals surface area contributed by atoms with Crippen molar-refractivity contribution in [1.29, 1.82) is 0 Å². The Morgan fingerprint density at radius 1 is 1.29 bits per heavy atom. The lowest BCUT2D eigenvalue weighted by atomic mass is 9.70. The highest BCUT2D eigenvalue weighted by Gasteiger charge is 2.44. The highest BCUT2D eigenvalue weighted by atomic mass is 19.2. The van der Waals surface area contributed by atoms with E-state index >= 15 is 0 Å². The number of carboxylic acid groups (broad SMARTS) is 1. The van der Waals surface area contributed by atoms with Gasteiger partial charge >= 0.3 is 5.97 Å². The Hall–Kier alpha value is -2.31. The molecule has 1 aromatic carbocycles. The van der Waals surface area contributed by atoms with Crippen LogP contribution in [0.3, 0.4) is 0 Å². The van der Waals surface area contributed by atoms with Gasteiger partial charge in [0.25, 0.3) is 0 Å². The number of rotatable bonds is 4. The number of aliphatic carboxylic acids is 1. The zero-order chi connectivity index (χ0) is 15.6. The molecular weight excluding hydrogens is 284 g/mol. The minimum atomic E-state index is -1.33. The molecule has 0 aliphatic carbocycles. The summed E-state index contributed by atoms with van der Waals surface area (Å²) in [7, 11) is 0. The van der Waals surface area contributed by atoms with E-state index in [0.717, 1.165) is 12.1 Å². The van der Waals surface area contributed by atoms with Gasteiger partial charge in [0.15, 0.2) is 11.6 Å². The smallest absolute Gasteiger partial charge is 0.303 e. The van der Waals surface area contributed by atoms with Crippen LogP contribution in [0.2, 0.25) is 0 Å². The predicted octanol–water partition coefficient (Wildman–Crippen LogP) is 1.50. The molecule has 5 nitrogen and oxygen atoms in total. The number of hydrogen-bond acceptors (Lipinski definition) is 3. The molecule has 1 fully saturated rings. The lowest BCUT2D eigenvalue weighted by Crippen LogP contribution is -2.51. The third-order valence-corrected chi connectivity index (χ3v) is 3.70. The number of benzene rings is 1. The first-order valence-electron chi connectivity index (χ1n) is 6.37. The van der Waals surface area contributed by atoms with Gasteiger partial charge in [0.05, 0.1) is 5.41 Å². The SMILES string of the molecule is O=C(O)CCC1(c2ccc(F)c(F)c2)CCC(=O)NC1=O. The van der Waals surface area contributed by atoms with E-state index in [0.29, 0.717) is 0 Å². The average molecular weight is 297 g/mol. The number of nitrogens with one attached hydrogen (secondary N) is 1. The third kappa shape index (κ3) is 2.91. The maximum Gasteiger partial charge on any atom is 0.303 e. The van der Waals surface area contributed by atoms with Crippen LogP contribution in [0, 0.1) is 11.6 Å². The molecule has 0 bridgehead atoms. The Kier molecular flexibility index (Phi) is 4.02. The van der Waals surface area contributed by atoms with Gasteiger partial charge in [-0.1, -0.05) is 6.07 Å². The molecule has 1 heterocycles. The van der Waals surface area contributed by atoms with Crippen molar-refractivity contribution in [1.82, 2.24) is 5.32 Å². The van der Waals surface area contributed by atoms with E-state index in [4.69, 9.17) is 5.11 Å². The number of piperidine rings is 1. The van der Waals surface area contributed by atoms with Gasteiger partial charge in [-0.25, -0.2) is 8.78 Å². The average Bonchev–Trinajstić information content (AvgIpc) is 2.41. The molecule has 1 aliphatic rings. The summed E-state index contributed by atoms with van der Waals surface area (Å²) >= 11 is 0. The van der Waals surface area contributed by atoms with Gasteiger partial charge in [0.1, 0.15) is 0 Å². The quantitative estimate of drug-likeness (QED) is 0.825. The van der Waals surface area contributed by atoms with Crippen LogP contribution in [0.15, 0.2) is 18.2 Å². The highest BCUT2D eigenvalue weighted by molar-refractivity contribution is 6.03. The first-order chi connectivity index (χ1) is 9.85. The van der Waals surface area contributed by atoms with Crippen molar-refractivity contribution in [2.24, 2.45) is 0 Å². The number of amides is 2. The first kappa shape index (κ1) is 15.1. The summed E-state index contributed by atoms with van der Waals surface area (Å²) in [5.74, 6) is -4.42. The van der Waals surface area contributed by atoms with Gasteiger partial charge in [0.2, 0.25) is 11.8 Å². The summed E-state index contributed by atoms with van der Waals surface area (Å²) in [6, 6.07) is 3.01. The van der Waals surface area contributed by atoms with Crippen molar-refractivity contribution < 1.29 is 28.3 Å². The monoisotopic (exact) mass is 297 g/mol. The zero-order valence-corrected chi connectivity index (χ0v) is 11.0. The number of halogens is 2. The maximum atomic E-state index is 13.4. The first-order valence-corrected chi connectivity index (χ1v) is 6.37. The van der Waals surface area contributed by atoms with Crippen molar-refractivity contribution in [3.63, 3.8) is 0 Å². The minimum absolute atomic E-state index is 0.0182. The Labute approximate surface area is 119 Å². The Morgan fingerprint density at radius 2 is 2.00 bits per heavy atom. The summed E-state index contributed by atoms with van der Waals surface area (Å²) in [5.41, 5.74) is -1.16. The second-order valence-corrected chi connectivity index (χ2v) is 4.98. The zero-order valence-electron chi connectivity index (χ0n) is 11.0. The molecule has 2 amide bonds. The third-order valence-electron chi connectivity index (χ3n) is 3.70. The fourth-order valence-corrected chi connectivity index (χ4v) is 2.52. The summed E-state index contributed by atoms with van der Waals surface area (Å²) in [5, 5.41) is 10.9. The molecule has 0 saturated carbocycles. The molecule has 7 heteroatoms. The van der Waals surface area contributed by atoms with Crippen LogP contribution in [-0.4, -0.2) is 22.9 Å². The molecule has 0 radical (unpaired) electrons. The van der Waals surface area contributed by atoms with Crippen LogP contribution in [0.5, 0.6) is 0 Å². The molecule has 0 spiro atoms. The molecule has 1 unspecified atom stereocenters. The molecule has 1 aromatic rings. The molecular formula is C14H13F2NO4. The Morgan fingerprint density at radius 3 is 2.57 bits per heavy atom. The minimum Gasteiger partial charge on any atom is -0.481 e. The molecule has 112 valence electrons. The van der Waals surface area contributed by atoms with Crippen LogP contribution in [-0.2, 0) is 19.8 Å². The molecule has 2 N–H and O–H groups in total. The Balaban J connectivity index is 2.44. The van der Waals surface area contributed by atoms with E-state index in [1.807, 2.05) is 0 Å². The molecule has 1 aliphatic heterocycles. The fraction of sp³-hybridized carbons (Fsp3) is 0.357. The van der Waals surface area contributed by atoms with Crippen molar-refractivity contribution in [2.45, 2.75) is 31.1 Å². The van der Waals surface area contributed by atoms with E-state index < -0.39 is 34.8 Å². The van der Waals surface area contributed by atoms with Gasteiger partial charge in [-0.3, -0.25) is 19.7 Å². The molecule has 1 saturated heterocycles. The van der Waals surface area contributed by atoms with Gasteiger partial charge in [0, 0.05) is 12.8 Å². The summed E-state index contributed by atoms with van der Waals surface area (Å²) < 4.78 is 26.5. The van der Waals surface area contributed by atoms with Crippen LogP contribution >= 0.6 is 0 Å². The van der Waals surface area contributed by atoms with Crippen molar-refractivity contribution in [3.05, 3.63) is 35.4 Å². The number of carbonyl (C=O) groups excluding carboxylic acids is 2. The van der Waals surface area contributed by atoms with Crippen molar-refractivity contribution >= 4 is 17.8 Å². The van der Waals surface area contributed by atoms with Gasteiger partial charge < -0.3 is 5.11 Å². The lowest BCUT2D eigenvalue weighted by molar-refractivity contribution is -0.139. The van der Waals surface area contributed by atoms with Crippen LogP contribution in [0.25, 0.3) is 0 Å². The van der Waals surface area contributed by atoms with E-state index in [9.17, 15) is 23.2 Å². The van der Waals surface area contributed by atoms with Gasteiger partial charge in [-0.15, -0.1) is 0 Å². The second-order valence-electron chi connectivity index (χ2n) is 4.98. The topological polar surface area (TPSA) is 83.5 Å². The molecule has 1 atom stereocenters. The van der Waals surface area contributed by atoms with Gasteiger partial charge in [-0.2, -0.15) is 0 Å². The normalized spacial score (nSPS) is 22.0. The number of imide groups is 1. The van der Waals surface area contributed by atoms with Crippen molar-refractivity contribution in [2.75, 3.05) is 0 Å². The van der Waals surface area contributed by atoms with E-state index in [1.165, 1.54) is 6.07 Å². The standard InChI is InChI=1S/C14H13F2NO4/c15-9-2-1-8(7-10(9)16)14(6-4-12(19)20)5-3-11(18)17-13(14)21/h1-2,7H,3-6H2,(H,19,20)(H,17,18,21). The fourth-order valence-electron chi connectivity index (χ4n) is 2.52. The van der Waals surface area contributed by atoms with Gasteiger partial charge in [-0.05, 0) is 30.5 Å². The van der Waals surface area contributed by atoms with Crippen molar-refractivity contribution in [3.8, 4) is 0 Å². The van der Waals surface area contributed by atoms with E-state index in [1.54, 1.807) is 0 Å².